The first-order chi connectivity index (χ1) is 13.0. The number of hydrogen-bond donors (Lipinski definition) is 1. The van der Waals surface area contributed by atoms with Crippen molar-refractivity contribution in [2.75, 3.05) is 5.75 Å². The summed E-state index contributed by atoms with van der Waals surface area (Å²) in [7, 11) is 0. The van der Waals surface area contributed by atoms with Gasteiger partial charge < -0.3 is 14.3 Å². The summed E-state index contributed by atoms with van der Waals surface area (Å²) < 4.78 is 11.0. The van der Waals surface area contributed by atoms with E-state index in [2.05, 4.69) is 0 Å². The van der Waals surface area contributed by atoms with E-state index in [-0.39, 0.29) is 29.4 Å². The Hall–Kier alpha value is -2.73. The summed E-state index contributed by atoms with van der Waals surface area (Å²) in [6.45, 7) is 3.59. The van der Waals surface area contributed by atoms with Crippen LogP contribution in [0.15, 0.2) is 52.9 Å². The van der Waals surface area contributed by atoms with Crippen LogP contribution in [0.4, 0.5) is 0 Å². The molecule has 1 heterocycles. The molecule has 0 saturated heterocycles. The predicted molar refractivity (Wildman–Crippen MR) is 105 cm³/mol. The van der Waals surface area contributed by atoms with E-state index in [4.69, 9.17) is 9.15 Å². The second-order valence-corrected chi connectivity index (χ2v) is 7.29. The van der Waals surface area contributed by atoms with Crippen LogP contribution in [0.2, 0.25) is 0 Å². The van der Waals surface area contributed by atoms with Crippen LogP contribution < -0.4 is 0 Å². The van der Waals surface area contributed by atoms with E-state index >= 15 is 0 Å². The first-order valence-corrected chi connectivity index (χ1v) is 9.72. The maximum absolute atomic E-state index is 13.1. The number of phenols is 1. The van der Waals surface area contributed by atoms with Crippen LogP contribution in [0, 0.1) is 0 Å². The van der Waals surface area contributed by atoms with Gasteiger partial charge in [0, 0.05) is 10.9 Å². The Kier molecular flexibility index (Phi) is 5.86. The number of aromatic hydroxyl groups is 1. The second kappa shape index (κ2) is 8.31. The minimum atomic E-state index is -0.306. The number of hydrogen-bond acceptors (Lipinski definition) is 6. The van der Waals surface area contributed by atoms with Crippen LogP contribution in [0.25, 0.3) is 11.0 Å². The molecule has 6 heteroatoms. The molecule has 27 heavy (non-hydrogen) atoms. The monoisotopic (exact) mass is 384 g/mol. The molecule has 1 N–H and O–H groups in total. The number of carbonyl (C=O) groups excluding carboxylic acids is 2. The second-order valence-electron chi connectivity index (χ2n) is 6.31. The molecule has 0 aliphatic carbocycles. The average Bonchev–Trinajstić information content (AvgIpc) is 2.98. The highest BCUT2D eigenvalue weighted by molar-refractivity contribution is 7.99. The molecular weight excluding hydrogens is 364 g/mol. The van der Waals surface area contributed by atoms with Gasteiger partial charge in [-0.25, -0.2) is 0 Å². The van der Waals surface area contributed by atoms with Gasteiger partial charge >= 0.3 is 5.97 Å². The molecule has 140 valence electrons. The standard InChI is InChI=1S/C21H20O5S/c1-13(2)25-19(23)12-27-11-18-20(21(24)14-6-4-3-5-7-14)16-10-15(22)8-9-17(16)26-18/h3-10,13,22H,11-12H2,1-2H3. The predicted octanol–water partition coefficient (Wildman–Crippen LogP) is 4.55. The summed E-state index contributed by atoms with van der Waals surface area (Å²) >= 11 is 1.32. The fourth-order valence-electron chi connectivity index (χ4n) is 2.74. The molecule has 0 spiro atoms. The topological polar surface area (TPSA) is 76.7 Å². The molecule has 0 bridgehead atoms. The van der Waals surface area contributed by atoms with Gasteiger partial charge in [-0.2, -0.15) is 0 Å². The zero-order valence-electron chi connectivity index (χ0n) is 15.1. The van der Waals surface area contributed by atoms with Crippen LogP contribution >= 0.6 is 11.8 Å². The highest BCUT2D eigenvalue weighted by atomic mass is 32.2. The first kappa shape index (κ1) is 19.0. The van der Waals surface area contributed by atoms with Gasteiger partial charge in [0.1, 0.15) is 17.1 Å². The number of fused-ring (bicyclic) bond motifs is 1. The molecular formula is C21H20O5S. The maximum atomic E-state index is 13.1. The van der Waals surface area contributed by atoms with E-state index in [0.29, 0.717) is 33.6 Å². The average molecular weight is 384 g/mol. The number of ketones is 1. The smallest absolute Gasteiger partial charge is 0.316 e. The van der Waals surface area contributed by atoms with E-state index in [1.807, 2.05) is 6.07 Å². The summed E-state index contributed by atoms with van der Waals surface area (Å²) in [6.07, 6.45) is -0.164. The van der Waals surface area contributed by atoms with Crippen molar-refractivity contribution in [1.82, 2.24) is 0 Å². The zero-order chi connectivity index (χ0) is 19.4. The van der Waals surface area contributed by atoms with Crippen molar-refractivity contribution in [2.45, 2.75) is 25.7 Å². The normalized spacial score (nSPS) is 11.1. The Morgan fingerprint density at radius 1 is 1.15 bits per heavy atom. The van der Waals surface area contributed by atoms with Gasteiger partial charge in [0.2, 0.25) is 0 Å². The number of carbonyl (C=O) groups is 2. The Morgan fingerprint density at radius 3 is 2.59 bits per heavy atom. The number of phenolic OH excluding ortho intramolecular Hbond substituents is 1. The number of rotatable bonds is 7. The quantitative estimate of drug-likeness (QED) is 0.475. The summed E-state index contributed by atoms with van der Waals surface area (Å²) in [5.74, 6) is 0.563. The first-order valence-electron chi connectivity index (χ1n) is 8.57. The highest BCUT2D eigenvalue weighted by Gasteiger charge is 2.22. The fourth-order valence-corrected chi connectivity index (χ4v) is 3.47. The molecule has 1 aromatic heterocycles. The van der Waals surface area contributed by atoms with Gasteiger partial charge in [-0.05, 0) is 32.0 Å². The molecule has 0 radical (unpaired) electrons. The van der Waals surface area contributed by atoms with Crippen molar-refractivity contribution in [3.63, 3.8) is 0 Å². The molecule has 0 atom stereocenters. The number of benzene rings is 2. The molecule has 0 unspecified atom stereocenters. The van der Waals surface area contributed by atoms with Crippen LogP contribution in [-0.2, 0) is 15.3 Å². The van der Waals surface area contributed by atoms with Gasteiger partial charge in [0.15, 0.2) is 5.78 Å². The third-order valence-electron chi connectivity index (χ3n) is 3.83. The van der Waals surface area contributed by atoms with Crippen LogP contribution in [0.3, 0.4) is 0 Å². The van der Waals surface area contributed by atoms with Gasteiger partial charge in [0.05, 0.1) is 23.2 Å². The summed E-state index contributed by atoms with van der Waals surface area (Å²) in [4.78, 5) is 24.8. The molecule has 0 aliphatic heterocycles. The third kappa shape index (κ3) is 4.52. The third-order valence-corrected chi connectivity index (χ3v) is 4.73. The zero-order valence-corrected chi connectivity index (χ0v) is 15.9. The number of furan rings is 1. The summed E-state index contributed by atoms with van der Waals surface area (Å²) in [5, 5.41) is 10.4. The fraction of sp³-hybridized carbons (Fsp3) is 0.238. The van der Waals surface area contributed by atoms with Crippen molar-refractivity contribution in [1.29, 1.82) is 0 Å². The maximum Gasteiger partial charge on any atom is 0.316 e. The van der Waals surface area contributed by atoms with Gasteiger partial charge in [-0.15, -0.1) is 11.8 Å². The lowest BCUT2D eigenvalue weighted by Crippen LogP contribution is -2.13. The van der Waals surface area contributed by atoms with Gasteiger partial charge in [-0.1, -0.05) is 30.3 Å². The largest absolute Gasteiger partial charge is 0.508 e. The lowest BCUT2D eigenvalue weighted by molar-refractivity contribution is -0.144. The van der Waals surface area contributed by atoms with E-state index < -0.39 is 0 Å². The molecule has 0 saturated carbocycles. The van der Waals surface area contributed by atoms with E-state index in [9.17, 15) is 14.7 Å². The van der Waals surface area contributed by atoms with E-state index in [1.165, 1.54) is 23.9 Å². The minimum absolute atomic E-state index is 0.0603. The van der Waals surface area contributed by atoms with Crippen LogP contribution in [0.1, 0.15) is 35.5 Å². The summed E-state index contributed by atoms with van der Waals surface area (Å²) in [5.41, 5.74) is 1.47. The molecule has 3 rings (SSSR count). The number of ether oxygens (including phenoxy) is 1. The SMILES string of the molecule is CC(C)OC(=O)CSCc1oc2ccc(O)cc2c1C(=O)c1ccccc1. The van der Waals surface area contributed by atoms with E-state index in [1.54, 1.807) is 44.2 Å². The Labute approximate surface area is 161 Å². The summed E-state index contributed by atoms with van der Waals surface area (Å²) in [6, 6.07) is 13.6. The Morgan fingerprint density at radius 2 is 1.89 bits per heavy atom. The van der Waals surface area contributed by atoms with Crippen molar-refractivity contribution in [3.05, 3.63) is 65.4 Å². The minimum Gasteiger partial charge on any atom is -0.508 e. The number of thioether (sulfide) groups is 1. The molecule has 0 amide bonds. The Balaban J connectivity index is 1.90. The van der Waals surface area contributed by atoms with Crippen molar-refractivity contribution in [2.24, 2.45) is 0 Å². The van der Waals surface area contributed by atoms with Crippen molar-refractivity contribution < 1.29 is 23.8 Å². The van der Waals surface area contributed by atoms with E-state index in [0.717, 1.165) is 0 Å². The Bertz CT molecular complexity index is 959. The van der Waals surface area contributed by atoms with Crippen molar-refractivity contribution in [3.8, 4) is 5.75 Å². The molecule has 2 aromatic carbocycles. The molecule has 5 nitrogen and oxygen atoms in total. The van der Waals surface area contributed by atoms with Gasteiger partial charge in [-0.3, -0.25) is 9.59 Å². The molecule has 0 aliphatic rings. The van der Waals surface area contributed by atoms with Gasteiger partial charge in [0.25, 0.3) is 0 Å². The lowest BCUT2D eigenvalue weighted by Gasteiger charge is -2.07. The van der Waals surface area contributed by atoms with Crippen LogP contribution in [0.5, 0.6) is 5.75 Å². The molecule has 3 aromatic rings. The highest BCUT2D eigenvalue weighted by Crippen LogP contribution is 2.33. The van der Waals surface area contributed by atoms with Crippen molar-refractivity contribution >= 4 is 34.5 Å². The van der Waals surface area contributed by atoms with Crippen LogP contribution in [-0.4, -0.2) is 28.7 Å². The lowest BCUT2D eigenvalue weighted by atomic mass is 10.0. The molecule has 0 fully saturated rings. The number of esters is 1.